The number of fused-ring (bicyclic) bond motifs is 1. The number of carbonyl (C=O) groups is 1. The summed E-state index contributed by atoms with van der Waals surface area (Å²) in [7, 11) is -3.06. The van der Waals surface area contributed by atoms with Gasteiger partial charge in [0.2, 0.25) is 26.0 Å². The van der Waals surface area contributed by atoms with Crippen molar-refractivity contribution in [2.45, 2.75) is 23.1 Å². The van der Waals surface area contributed by atoms with E-state index in [4.69, 9.17) is 0 Å². The van der Waals surface area contributed by atoms with Gasteiger partial charge >= 0.3 is 0 Å². The monoisotopic (exact) mass is 451 g/mol. The van der Waals surface area contributed by atoms with Gasteiger partial charge in [0.25, 0.3) is 0 Å². The van der Waals surface area contributed by atoms with E-state index in [0.717, 1.165) is 19.7 Å². The van der Waals surface area contributed by atoms with Crippen molar-refractivity contribution in [3.8, 4) is 0 Å². The first-order valence-electron chi connectivity index (χ1n) is 9.33. The van der Waals surface area contributed by atoms with Gasteiger partial charge in [0, 0.05) is 33.4 Å². The molecule has 0 radical (unpaired) electrons. The molecule has 10 heteroatoms. The van der Waals surface area contributed by atoms with Gasteiger partial charge < -0.3 is 4.90 Å². The highest BCUT2D eigenvalue weighted by Gasteiger charge is 2.30. The molecular formula is C20H25N3O5S2. The molecular weight excluding hydrogens is 426 g/mol. The summed E-state index contributed by atoms with van der Waals surface area (Å²) in [6.07, 6.45) is 0.506. The number of rotatable bonds is 6. The summed E-state index contributed by atoms with van der Waals surface area (Å²) in [5.41, 5.74) is 2.30. The fourth-order valence-electron chi connectivity index (χ4n) is 3.26. The number of anilines is 1. The van der Waals surface area contributed by atoms with Crippen molar-refractivity contribution in [3.63, 3.8) is 0 Å². The van der Waals surface area contributed by atoms with Crippen LogP contribution in [0.5, 0.6) is 0 Å². The minimum Gasteiger partial charge on any atom is -0.311 e. The molecule has 8 nitrogen and oxygen atoms in total. The molecule has 1 heterocycles. The van der Waals surface area contributed by atoms with Crippen molar-refractivity contribution < 1.29 is 21.6 Å². The molecule has 0 saturated heterocycles. The number of likely N-dealkylation sites (N-methyl/N-ethyl adjacent to an activating group) is 1. The maximum atomic E-state index is 12.8. The van der Waals surface area contributed by atoms with Gasteiger partial charge in [-0.25, -0.2) is 21.1 Å². The van der Waals surface area contributed by atoms with Crippen LogP contribution < -0.4 is 4.90 Å². The molecule has 0 aliphatic carbocycles. The van der Waals surface area contributed by atoms with Gasteiger partial charge in [0.1, 0.15) is 0 Å². The average Bonchev–Trinajstić information content (AvgIpc) is 3.11. The quantitative estimate of drug-likeness (QED) is 0.663. The van der Waals surface area contributed by atoms with Crippen molar-refractivity contribution in [3.05, 3.63) is 53.6 Å². The lowest BCUT2D eigenvalue weighted by Gasteiger charge is -2.22. The van der Waals surface area contributed by atoms with Crippen LogP contribution in [0.2, 0.25) is 0 Å². The predicted octanol–water partition coefficient (Wildman–Crippen LogP) is 1.46. The van der Waals surface area contributed by atoms with Gasteiger partial charge in [-0.05, 0) is 49.2 Å². The molecule has 0 fully saturated rings. The molecule has 1 amide bonds. The zero-order valence-corrected chi connectivity index (χ0v) is 19.0. The molecule has 30 heavy (non-hydrogen) atoms. The van der Waals surface area contributed by atoms with E-state index >= 15 is 0 Å². The Bertz CT molecular complexity index is 1170. The summed E-state index contributed by atoms with van der Waals surface area (Å²) in [6, 6.07) is 11.1. The third kappa shape index (κ3) is 4.13. The Morgan fingerprint density at radius 1 is 0.933 bits per heavy atom. The molecule has 0 N–H and O–H groups in total. The second-order valence-electron chi connectivity index (χ2n) is 7.45. The van der Waals surface area contributed by atoms with Crippen molar-refractivity contribution >= 4 is 31.6 Å². The highest BCUT2D eigenvalue weighted by atomic mass is 32.2. The normalized spacial score (nSPS) is 14.4. The Labute approximate surface area is 177 Å². The van der Waals surface area contributed by atoms with E-state index in [0.29, 0.717) is 18.7 Å². The highest BCUT2D eigenvalue weighted by molar-refractivity contribution is 7.89. The molecule has 2 aromatic rings. The summed E-state index contributed by atoms with van der Waals surface area (Å²) in [5, 5.41) is 0. The number of amides is 1. The predicted molar refractivity (Wildman–Crippen MR) is 114 cm³/mol. The smallest absolute Gasteiger partial charge is 0.243 e. The maximum absolute atomic E-state index is 12.8. The first-order valence-corrected chi connectivity index (χ1v) is 12.2. The molecule has 0 saturated carbocycles. The Morgan fingerprint density at radius 2 is 1.53 bits per heavy atom. The first-order chi connectivity index (χ1) is 13.9. The van der Waals surface area contributed by atoms with Crippen LogP contribution in [-0.2, 0) is 31.3 Å². The Kier molecular flexibility index (Phi) is 6.06. The van der Waals surface area contributed by atoms with Crippen molar-refractivity contribution in [1.29, 1.82) is 0 Å². The number of hydrogen-bond donors (Lipinski definition) is 0. The minimum atomic E-state index is -3.79. The number of aryl methyl sites for hydroxylation is 1. The maximum Gasteiger partial charge on any atom is 0.243 e. The molecule has 0 spiro atoms. The second-order valence-corrected chi connectivity index (χ2v) is 11.6. The van der Waals surface area contributed by atoms with E-state index in [1.807, 2.05) is 6.92 Å². The number of benzene rings is 2. The van der Waals surface area contributed by atoms with E-state index < -0.39 is 20.0 Å². The zero-order valence-electron chi connectivity index (χ0n) is 17.4. The summed E-state index contributed by atoms with van der Waals surface area (Å²) in [6.45, 7) is 1.93. The van der Waals surface area contributed by atoms with Gasteiger partial charge in [-0.1, -0.05) is 17.7 Å². The molecule has 0 atom stereocenters. The van der Waals surface area contributed by atoms with E-state index in [9.17, 15) is 21.6 Å². The second kappa shape index (κ2) is 8.10. The molecule has 0 aromatic heterocycles. The number of hydrogen-bond acceptors (Lipinski definition) is 5. The van der Waals surface area contributed by atoms with E-state index in [1.54, 1.807) is 24.3 Å². The van der Waals surface area contributed by atoms with Crippen molar-refractivity contribution in [1.82, 2.24) is 8.61 Å². The summed E-state index contributed by atoms with van der Waals surface area (Å²) in [5.74, 6) is -0.366. The summed E-state index contributed by atoms with van der Waals surface area (Å²) < 4.78 is 52.3. The topological polar surface area (TPSA) is 95.1 Å². The number of nitrogens with zero attached hydrogens (tertiary/aromatic N) is 3. The van der Waals surface area contributed by atoms with Crippen LogP contribution in [0.3, 0.4) is 0 Å². The summed E-state index contributed by atoms with van der Waals surface area (Å²) in [4.78, 5) is 14.6. The zero-order chi connectivity index (χ0) is 22.3. The van der Waals surface area contributed by atoms with E-state index in [1.165, 1.54) is 44.2 Å². The van der Waals surface area contributed by atoms with E-state index in [2.05, 4.69) is 0 Å². The molecule has 1 aliphatic heterocycles. The van der Waals surface area contributed by atoms with Gasteiger partial charge in [-0.2, -0.15) is 4.31 Å². The molecule has 1 aliphatic rings. The van der Waals surface area contributed by atoms with Crippen LogP contribution in [0, 0.1) is 6.92 Å². The summed E-state index contributed by atoms with van der Waals surface area (Å²) >= 11 is 0. The molecule has 2 aromatic carbocycles. The lowest BCUT2D eigenvalue weighted by Crippen LogP contribution is -2.40. The molecule has 0 unspecified atom stereocenters. The molecule has 3 rings (SSSR count). The third-order valence-corrected chi connectivity index (χ3v) is 8.74. The third-order valence-electron chi connectivity index (χ3n) is 5.11. The van der Waals surface area contributed by atoms with Crippen molar-refractivity contribution in [2.24, 2.45) is 0 Å². The Morgan fingerprint density at radius 3 is 2.13 bits per heavy atom. The SMILES string of the molecule is Cc1ccc(S(=O)(=O)N(C)CC(=O)N2CCc3cc(S(=O)(=O)N(C)C)ccc32)cc1. The van der Waals surface area contributed by atoms with Gasteiger partial charge in [0.15, 0.2) is 0 Å². The minimum absolute atomic E-state index is 0.128. The number of sulfonamides is 2. The van der Waals surface area contributed by atoms with Gasteiger partial charge in [0.05, 0.1) is 16.3 Å². The number of carbonyl (C=O) groups excluding carboxylic acids is 1. The first kappa shape index (κ1) is 22.4. The van der Waals surface area contributed by atoms with Gasteiger partial charge in [-0.15, -0.1) is 0 Å². The fraction of sp³-hybridized carbons (Fsp3) is 0.350. The largest absolute Gasteiger partial charge is 0.311 e. The Balaban J connectivity index is 1.79. The molecule has 0 bridgehead atoms. The van der Waals surface area contributed by atoms with Crippen LogP contribution in [0.15, 0.2) is 52.3 Å². The van der Waals surface area contributed by atoms with Crippen LogP contribution >= 0.6 is 0 Å². The van der Waals surface area contributed by atoms with Crippen LogP contribution in [0.1, 0.15) is 11.1 Å². The van der Waals surface area contributed by atoms with E-state index in [-0.39, 0.29) is 22.2 Å². The lowest BCUT2D eigenvalue weighted by atomic mass is 10.2. The lowest BCUT2D eigenvalue weighted by molar-refractivity contribution is -0.118. The van der Waals surface area contributed by atoms with Crippen LogP contribution in [0.25, 0.3) is 0 Å². The Hall–Kier alpha value is -2.27. The van der Waals surface area contributed by atoms with Crippen LogP contribution in [0.4, 0.5) is 5.69 Å². The van der Waals surface area contributed by atoms with Gasteiger partial charge in [-0.3, -0.25) is 4.79 Å². The fourth-order valence-corrected chi connectivity index (χ4v) is 5.33. The molecule has 162 valence electrons. The van der Waals surface area contributed by atoms with Crippen molar-refractivity contribution in [2.75, 3.05) is 39.1 Å². The highest BCUT2D eigenvalue weighted by Crippen LogP contribution is 2.31. The van der Waals surface area contributed by atoms with Crippen LogP contribution in [-0.4, -0.2) is 65.6 Å². The standard InChI is InChI=1S/C20H25N3O5S2/c1-15-5-7-17(8-6-15)30(27,28)22(4)14-20(24)23-12-11-16-13-18(9-10-19(16)23)29(25,26)21(2)3/h5-10,13H,11-12,14H2,1-4H3. The average molecular weight is 452 g/mol.